The van der Waals surface area contributed by atoms with Gasteiger partial charge in [0.05, 0.1) is 10.7 Å². The highest BCUT2D eigenvalue weighted by molar-refractivity contribution is 9.10. The molecule has 0 aromatic heterocycles. The molecule has 33 heavy (non-hydrogen) atoms. The van der Waals surface area contributed by atoms with E-state index >= 15 is 0 Å². The van der Waals surface area contributed by atoms with Gasteiger partial charge in [0.2, 0.25) is 0 Å². The third-order valence-electron chi connectivity index (χ3n) is 4.99. The lowest BCUT2D eigenvalue weighted by molar-refractivity contribution is -0.128. The smallest absolute Gasteiger partial charge is 0.281 e. The second-order valence-corrected chi connectivity index (χ2v) is 8.13. The summed E-state index contributed by atoms with van der Waals surface area (Å²) in [4.78, 5) is 12.7. The summed E-state index contributed by atoms with van der Waals surface area (Å²) >= 11 is 3.60. The summed E-state index contributed by atoms with van der Waals surface area (Å²) in [5.41, 5.74) is 3.38. The molecule has 0 fully saturated rings. The second-order valence-electron chi connectivity index (χ2n) is 7.34. The Morgan fingerprint density at radius 3 is 2.55 bits per heavy atom. The summed E-state index contributed by atoms with van der Waals surface area (Å²) in [6.07, 6.45) is 1.41. The second kappa shape index (κ2) is 10.8. The van der Waals surface area contributed by atoms with Crippen LogP contribution in [-0.4, -0.2) is 18.2 Å². The molecule has 0 bridgehead atoms. The van der Waals surface area contributed by atoms with E-state index in [1.54, 1.807) is 6.21 Å². The van der Waals surface area contributed by atoms with Crippen LogP contribution in [0.4, 0.5) is 0 Å². The van der Waals surface area contributed by atoms with Crippen molar-refractivity contribution in [1.82, 2.24) is 5.43 Å². The van der Waals surface area contributed by atoms with Crippen LogP contribution in [0.2, 0.25) is 0 Å². The van der Waals surface area contributed by atoms with Gasteiger partial charge >= 0.3 is 0 Å². The number of benzene rings is 4. The molecule has 166 valence electrons. The molecule has 0 radical (unpaired) electrons. The number of fused-ring (bicyclic) bond motifs is 1. The van der Waals surface area contributed by atoms with Gasteiger partial charge in [-0.1, -0.05) is 67.6 Å². The predicted molar refractivity (Wildman–Crippen MR) is 135 cm³/mol. The fraction of sp³-hybridized carbons (Fsp3) is 0.111. The average molecular weight is 503 g/mol. The highest BCUT2D eigenvalue weighted by Gasteiger charge is 2.19. The monoisotopic (exact) mass is 502 g/mol. The first-order chi connectivity index (χ1) is 16.1. The number of ether oxygens (including phenoxy) is 2. The molecule has 1 amide bonds. The van der Waals surface area contributed by atoms with Gasteiger partial charge in [-0.3, -0.25) is 4.79 Å². The number of hydrogen-bond acceptors (Lipinski definition) is 4. The maximum absolute atomic E-state index is 12.7. The highest BCUT2D eigenvalue weighted by atomic mass is 79.9. The fourth-order valence-electron chi connectivity index (χ4n) is 3.31. The topological polar surface area (TPSA) is 59.9 Å². The first-order valence-corrected chi connectivity index (χ1v) is 11.4. The Morgan fingerprint density at radius 2 is 1.73 bits per heavy atom. The number of rotatable bonds is 8. The van der Waals surface area contributed by atoms with Crippen molar-refractivity contribution in [3.63, 3.8) is 0 Å². The van der Waals surface area contributed by atoms with Crippen LogP contribution in [0.25, 0.3) is 10.8 Å². The van der Waals surface area contributed by atoms with E-state index in [4.69, 9.17) is 9.47 Å². The maximum Gasteiger partial charge on any atom is 0.281 e. The van der Waals surface area contributed by atoms with E-state index in [0.29, 0.717) is 17.9 Å². The zero-order chi connectivity index (χ0) is 23.0. The van der Waals surface area contributed by atoms with Gasteiger partial charge in [0.1, 0.15) is 17.2 Å². The molecular weight excluding hydrogens is 480 g/mol. The Bertz CT molecular complexity index is 1270. The van der Waals surface area contributed by atoms with Crippen molar-refractivity contribution in [2.24, 2.45) is 5.10 Å². The number of amides is 1. The molecule has 0 spiro atoms. The molecule has 0 saturated heterocycles. The molecule has 1 N–H and O–H groups in total. The highest BCUT2D eigenvalue weighted by Crippen LogP contribution is 2.33. The van der Waals surface area contributed by atoms with Gasteiger partial charge in [-0.2, -0.15) is 5.10 Å². The molecule has 4 aromatic rings. The third-order valence-corrected chi connectivity index (χ3v) is 5.80. The summed E-state index contributed by atoms with van der Waals surface area (Å²) in [6.45, 7) is 1.90. The first kappa shape index (κ1) is 22.6. The maximum atomic E-state index is 12.7. The molecule has 0 saturated carbocycles. The molecule has 0 aliphatic heterocycles. The predicted octanol–water partition coefficient (Wildman–Crippen LogP) is 6.70. The summed E-state index contributed by atoms with van der Waals surface area (Å²) in [5, 5.41) is 6.22. The molecule has 1 atom stereocenters. The Hall–Kier alpha value is -3.64. The number of para-hydroxylation sites is 1. The van der Waals surface area contributed by atoms with E-state index in [1.807, 2.05) is 97.9 Å². The SMILES string of the molecule is CC[C@H](Oc1ccc2ccccc2c1Br)C(=O)N/N=C\c1cccc(Oc2ccccc2)c1. The molecule has 5 nitrogen and oxygen atoms in total. The van der Waals surface area contributed by atoms with Gasteiger partial charge in [0.25, 0.3) is 5.91 Å². The standard InChI is InChI=1S/C27H23BrN2O3/c1-2-24(33-25-16-15-20-10-6-7-14-23(20)26(25)28)27(31)30-29-18-19-9-8-13-22(17-19)32-21-11-4-3-5-12-21/h3-18,24H,2H2,1H3,(H,30,31)/b29-18-/t24-/m0/s1. The minimum Gasteiger partial charge on any atom is -0.479 e. The normalized spacial score (nSPS) is 11.9. The quantitative estimate of drug-likeness (QED) is 0.215. The number of hydrazone groups is 1. The lowest BCUT2D eigenvalue weighted by Crippen LogP contribution is -2.35. The van der Waals surface area contributed by atoms with Crippen LogP contribution < -0.4 is 14.9 Å². The van der Waals surface area contributed by atoms with E-state index in [0.717, 1.165) is 26.6 Å². The van der Waals surface area contributed by atoms with Crippen LogP contribution in [0.5, 0.6) is 17.2 Å². The van der Waals surface area contributed by atoms with Crippen molar-refractivity contribution in [3.05, 3.63) is 101 Å². The van der Waals surface area contributed by atoms with Crippen molar-refractivity contribution < 1.29 is 14.3 Å². The number of carbonyl (C=O) groups is 1. The first-order valence-electron chi connectivity index (χ1n) is 10.6. The minimum absolute atomic E-state index is 0.314. The zero-order valence-electron chi connectivity index (χ0n) is 18.1. The summed E-state index contributed by atoms with van der Waals surface area (Å²) < 4.78 is 12.7. The summed E-state index contributed by atoms with van der Waals surface area (Å²) in [7, 11) is 0. The van der Waals surface area contributed by atoms with Crippen molar-refractivity contribution in [1.29, 1.82) is 0 Å². The minimum atomic E-state index is -0.674. The Balaban J connectivity index is 1.39. The van der Waals surface area contributed by atoms with Crippen LogP contribution in [0.1, 0.15) is 18.9 Å². The molecular formula is C27H23BrN2O3. The summed E-state index contributed by atoms with van der Waals surface area (Å²) in [6, 6.07) is 28.8. The molecule has 0 unspecified atom stereocenters. The van der Waals surface area contributed by atoms with E-state index in [-0.39, 0.29) is 5.91 Å². The molecule has 0 aliphatic rings. The number of nitrogens with zero attached hydrogens (tertiary/aromatic N) is 1. The van der Waals surface area contributed by atoms with Crippen molar-refractivity contribution in [2.75, 3.05) is 0 Å². The van der Waals surface area contributed by atoms with E-state index in [9.17, 15) is 4.79 Å². The Labute approximate surface area is 201 Å². The lowest BCUT2D eigenvalue weighted by atomic mass is 10.1. The van der Waals surface area contributed by atoms with E-state index in [2.05, 4.69) is 26.5 Å². The number of carbonyl (C=O) groups excluding carboxylic acids is 1. The van der Waals surface area contributed by atoms with Gasteiger partial charge < -0.3 is 9.47 Å². The van der Waals surface area contributed by atoms with Crippen LogP contribution >= 0.6 is 15.9 Å². The Kier molecular flexibility index (Phi) is 7.37. The lowest BCUT2D eigenvalue weighted by Gasteiger charge is -2.17. The molecule has 0 aliphatic carbocycles. The van der Waals surface area contributed by atoms with Gasteiger partial charge in [-0.05, 0) is 69.0 Å². The number of halogens is 1. The van der Waals surface area contributed by atoms with Crippen LogP contribution in [0, 0.1) is 0 Å². The molecule has 6 heteroatoms. The number of hydrogen-bond donors (Lipinski definition) is 1. The van der Waals surface area contributed by atoms with Gasteiger partial charge in [0, 0.05) is 0 Å². The third kappa shape index (κ3) is 5.79. The van der Waals surface area contributed by atoms with Crippen LogP contribution in [-0.2, 0) is 4.79 Å². The average Bonchev–Trinajstić information content (AvgIpc) is 2.85. The van der Waals surface area contributed by atoms with Crippen LogP contribution in [0.3, 0.4) is 0 Å². The van der Waals surface area contributed by atoms with Crippen molar-refractivity contribution in [2.45, 2.75) is 19.4 Å². The van der Waals surface area contributed by atoms with Gasteiger partial charge in [0.15, 0.2) is 6.10 Å². The van der Waals surface area contributed by atoms with Gasteiger partial charge in [-0.25, -0.2) is 5.43 Å². The zero-order valence-corrected chi connectivity index (χ0v) is 19.7. The van der Waals surface area contributed by atoms with Gasteiger partial charge in [-0.15, -0.1) is 0 Å². The fourth-order valence-corrected chi connectivity index (χ4v) is 3.89. The molecule has 0 heterocycles. The van der Waals surface area contributed by atoms with Crippen LogP contribution in [0.15, 0.2) is 101 Å². The number of nitrogens with one attached hydrogen (secondary N) is 1. The van der Waals surface area contributed by atoms with Crippen molar-refractivity contribution >= 4 is 38.8 Å². The molecule has 4 rings (SSSR count). The Morgan fingerprint density at radius 1 is 0.970 bits per heavy atom. The van der Waals surface area contributed by atoms with Crippen molar-refractivity contribution in [3.8, 4) is 17.2 Å². The van der Waals surface area contributed by atoms with E-state index < -0.39 is 6.10 Å². The van der Waals surface area contributed by atoms with E-state index in [1.165, 1.54) is 0 Å². The molecule has 4 aromatic carbocycles. The largest absolute Gasteiger partial charge is 0.479 e. The summed E-state index contributed by atoms with van der Waals surface area (Å²) in [5.74, 6) is 1.74.